The Morgan fingerprint density at radius 1 is 0.842 bits per heavy atom. The summed E-state index contributed by atoms with van der Waals surface area (Å²) >= 11 is 0. The van der Waals surface area contributed by atoms with E-state index in [9.17, 15) is 24.5 Å². The highest BCUT2D eigenvalue weighted by atomic mass is 19.1. The van der Waals surface area contributed by atoms with E-state index in [1.54, 1.807) is 41.8 Å². The van der Waals surface area contributed by atoms with Gasteiger partial charge in [-0.15, -0.1) is 10.2 Å². The van der Waals surface area contributed by atoms with Crippen LogP contribution in [0.4, 0.5) is 15.8 Å². The molecular weight excluding hydrogens is 485 g/mol. The number of carboxylic acid groups (broad SMARTS) is 1. The number of azo groups is 1. The van der Waals surface area contributed by atoms with Crippen molar-refractivity contribution in [3.8, 4) is 28.4 Å². The van der Waals surface area contributed by atoms with Crippen LogP contribution < -0.4 is 0 Å². The molecule has 0 radical (unpaired) electrons. The van der Waals surface area contributed by atoms with Gasteiger partial charge in [0.15, 0.2) is 11.4 Å². The number of rotatable bonds is 5. The number of aromatic hydroxyl groups is 2. The molecule has 0 bridgehead atoms. The molecule has 1 aromatic heterocycles. The van der Waals surface area contributed by atoms with Crippen LogP contribution in [-0.4, -0.2) is 25.9 Å². The minimum Gasteiger partial charge on any atom is -0.505 e. The molecule has 5 rings (SSSR count). The third-order valence-corrected chi connectivity index (χ3v) is 6.64. The number of para-hydroxylation sites is 1. The molecule has 5 aromatic rings. The smallest absolute Gasteiger partial charge is 0.335 e. The summed E-state index contributed by atoms with van der Waals surface area (Å²) in [7, 11) is 0. The Morgan fingerprint density at radius 3 is 2.34 bits per heavy atom. The van der Waals surface area contributed by atoms with Gasteiger partial charge in [-0.25, -0.2) is 9.18 Å². The first-order chi connectivity index (χ1) is 18.2. The summed E-state index contributed by atoms with van der Waals surface area (Å²) in [6.45, 7) is 5.60. The lowest BCUT2D eigenvalue weighted by Gasteiger charge is -2.10. The van der Waals surface area contributed by atoms with Gasteiger partial charge in [-0.3, -0.25) is 4.57 Å². The molecule has 0 saturated carbocycles. The highest BCUT2D eigenvalue weighted by Gasteiger charge is 2.20. The average molecular weight is 510 g/mol. The van der Waals surface area contributed by atoms with E-state index in [1.807, 2.05) is 32.0 Å². The van der Waals surface area contributed by atoms with Crippen molar-refractivity contribution in [1.82, 2.24) is 4.57 Å². The molecule has 0 unspecified atom stereocenters. The minimum atomic E-state index is -1.08. The van der Waals surface area contributed by atoms with E-state index in [1.165, 1.54) is 24.3 Å². The second-order valence-electron chi connectivity index (χ2n) is 9.15. The van der Waals surface area contributed by atoms with E-state index < -0.39 is 11.8 Å². The molecule has 190 valence electrons. The molecule has 0 aliphatic heterocycles. The molecule has 0 atom stereocenters. The molecule has 0 spiro atoms. The fourth-order valence-electron chi connectivity index (χ4n) is 4.37. The predicted octanol–water partition coefficient (Wildman–Crippen LogP) is 7.89. The molecular formula is C30H24FN3O4. The maximum absolute atomic E-state index is 14.6. The summed E-state index contributed by atoms with van der Waals surface area (Å²) in [5, 5.41) is 40.2. The standard InChI is InChI=1S/C30H24FN3O4/c1-16-10-11-21(12-17(16)2)34-26-13-18(3)24(31)15-23(26)27(29(34)36)33-32-25-9-5-8-22(28(25)35)19-6-4-7-20(14-19)30(37)38/h4-15,35-36H,1-3H3,(H,37,38). The Labute approximate surface area is 217 Å². The highest BCUT2D eigenvalue weighted by molar-refractivity contribution is 5.97. The first-order valence-corrected chi connectivity index (χ1v) is 11.8. The lowest BCUT2D eigenvalue weighted by Crippen LogP contribution is -1.95. The van der Waals surface area contributed by atoms with Gasteiger partial charge in [0.05, 0.1) is 11.1 Å². The second-order valence-corrected chi connectivity index (χ2v) is 9.15. The lowest BCUT2D eigenvalue weighted by atomic mass is 10.0. The molecule has 1 heterocycles. The van der Waals surface area contributed by atoms with Crippen LogP contribution in [-0.2, 0) is 0 Å². The number of aromatic carboxylic acids is 1. The van der Waals surface area contributed by atoms with Crippen molar-refractivity contribution in [2.24, 2.45) is 10.2 Å². The Bertz CT molecular complexity index is 1770. The molecule has 8 heteroatoms. The first-order valence-electron chi connectivity index (χ1n) is 11.8. The Morgan fingerprint density at radius 2 is 1.61 bits per heavy atom. The van der Waals surface area contributed by atoms with Gasteiger partial charge in [-0.05, 0) is 85.5 Å². The SMILES string of the molecule is Cc1ccc(-n2c(O)c(N=Nc3cccc(-c4cccc(C(=O)O)c4)c3O)c3cc(F)c(C)cc32)cc1C. The van der Waals surface area contributed by atoms with E-state index in [2.05, 4.69) is 10.2 Å². The fraction of sp³-hybridized carbons (Fsp3) is 0.100. The van der Waals surface area contributed by atoms with Gasteiger partial charge >= 0.3 is 5.97 Å². The van der Waals surface area contributed by atoms with Crippen LogP contribution in [0, 0.1) is 26.6 Å². The van der Waals surface area contributed by atoms with Crippen LogP contribution in [0.2, 0.25) is 0 Å². The molecule has 0 amide bonds. The summed E-state index contributed by atoms with van der Waals surface area (Å²) < 4.78 is 16.2. The van der Waals surface area contributed by atoms with Crippen molar-refractivity contribution in [2.75, 3.05) is 0 Å². The van der Waals surface area contributed by atoms with Crippen molar-refractivity contribution in [3.05, 3.63) is 101 Å². The molecule has 7 nitrogen and oxygen atoms in total. The van der Waals surface area contributed by atoms with Gasteiger partial charge in [0.25, 0.3) is 0 Å². The Balaban J connectivity index is 1.65. The van der Waals surface area contributed by atoms with Crippen molar-refractivity contribution in [2.45, 2.75) is 20.8 Å². The molecule has 38 heavy (non-hydrogen) atoms. The van der Waals surface area contributed by atoms with Gasteiger partial charge in [0.1, 0.15) is 11.5 Å². The van der Waals surface area contributed by atoms with E-state index in [-0.39, 0.29) is 28.6 Å². The van der Waals surface area contributed by atoms with Gasteiger partial charge in [0, 0.05) is 16.6 Å². The predicted molar refractivity (Wildman–Crippen MR) is 144 cm³/mol. The number of phenolic OH excluding ortho intramolecular Hbond substituents is 1. The average Bonchev–Trinajstić information content (AvgIpc) is 3.15. The number of aromatic nitrogens is 1. The van der Waals surface area contributed by atoms with Crippen molar-refractivity contribution in [1.29, 1.82) is 0 Å². The largest absolute Gasteiger partial charge is 0.505 e. The summed E-state index contributed by atoms with van der Waals surface area (Å²) in [6.07, 6.45) is 0. The van der Waals surface area contributed by atoms with Crippen LogP contribution in [0.15, 0.2) is 83.0 Å². The van der Waals surface area contributed by atoms with Crippen LogP contribution in [0.3, 0.4) is 0 Å². The van der Waals surface area contributed by atoms with E-state index in [4.69, 9.17) is 0 Å². The molecule has 0 saturated heterocycles. The Kier molecular flexibility index (Phi) is 6.16. The molecule has 0 aliphatic carbocycles. The minimum absolute atomic E-state index is 0.0507. The zero-order chi connectivity index (χ0) is 27.1. The number of carbonyl (C=O) groups is 1. The third-order valence-electron chi connectivity index (χ3n) is 6.64. The van der Waals surface area contributed by atoms with Gasteiger partial charge in [-0.2, -0.15) is 0 Å². The molecule has 0 fully saturated rings. The maximum Gasteiger partial charge on any atom is 0.335 e. The quantitative estimate of drug-likeness (QED) is 0.209. The van der Waals surface area contributed by atoms with Crippen molar-refractivity contribution in [3.63, 3.8) is 0 Å². The van der Waals surface area contributed by atoms with Gasteiger partial charge < -0.3 is 15.3 Å². The van der Waals surface area contributed by atoms with Gasteiger partial charge in [0.2, 0.25) is 5.88 Å². The molecule has 3 N–H and O–H groups in total. The summed E-state index contributed by atoms with van der Waals surface area (Å²) in [5.41, 5.74) is 4.87. The number of phenols is 1. The molecule has 4 aromatic carbocycles. The summed E-state index contributed by atoms with van der Waals surface area (Å²) in [4.78, 5) is 11.4. The third kappa shape index (κ3) is 4.26. The zero-order valence-corrected chi connectivity index (χ0v) is 20.9. The number of hydrogen-bond acceptors (Lipinski definition) is 5. The van der Waals surface area contributed by atoms with Crippen LogP contribution in [0.5, 0.6) is 11.6 Å². The number of nitrogens with zero attached hydrogens (tertiary/aromatic N) is 3. The number of fused-ring (bicyclic) bond motifs is 1. The zero-order valence-electron chi connectivity index (χ0n) is 20.9. The second kappa shape index (κ2) is 9.48. The first kappa shape index (κ1) is 24.7. The monoisotopic (exact) mass is 509 g/mol. The highest BCUT2D eigenvalue weighted by Crippen LogP contribution is 2.44. The summed E-state index contributed by atoms with van der Waals surface area (Å²) in [5.74, 6) is -1.96. The number of halogens is 1. The number of hydrogen-bond donors (Lipinski definition) is 3. The van der Waals surface area contributed by atoms with Gasteiger partial charge in [-0.1, -0.05) is 30.3 Å². The van der Waals surface area contributed by atoms with Crippen molar-refractivity contribution >= 4 is 28.2 Å². The number of aryl methyl sites for hydroxylation is 3. The van der Waals surface area contributed by atoms with Crippen LogP contribution in [0.1, 0.15) is 27.0 Å². The van der Waals surface area contributed by atoms with Crippen LogP contribution in [0.25, 0.3) is 27.7 Å². The fourth-order valence-corrected chi connectivity index (χ4v) is 4.37. The number of carboxylic acids is 1. The normalized spacial score (nSPS) is 11.5. The van der Waals surface area contributed by atoms with E-state index >= 15 is 0 Å². The topological polar surface area (TPSA) is 107 Å². The van der Waals surface area contributed by atoms with E-state index in [0.717, 1.165) is 11.1 Å². The lowest BCUT2D eigenvalue weighted by molar-refractivity contribution is 0.0697. The molecule has 0 aliphatic rings. The number of benzene rings is 4. The maximum atomic E-state index is 14.6. The summed E-state index contributed by atoms with van der Waals surface area (Å²) in [6, 6.07) is 19.7. The van der Waals surface area contributed by atoms with Crippen molar-refractivity contribution < 1.29 is 24.5 Å². The van der Waals surface area contributed by atoms with Crippen LogP contribution >= 0.6 is 0 Å². The van der Waals surface area contributed by atoms with E-state index in [0.29, 0.717) is 33.3 Å². The Hall–Kier alpha value is -4.98.